The van der Waals surface area contributed by atoms with Crippen molar-refractivity contribution in [2.24, 2.45) is 0 Å². The molecule has 0 saturated carbocycles. The molecule has 60 valence electrons. The molecule has 0 bridgehead atoms. The summed E-state index contributed by atoms with van der Waals surface area (Å²) in [6.07, 6.45) is 4.96. The number of ketones is 1. The van der Waals surface area contributed by atoms with Crippen molar-refractivity contribution in [2.75, 3.05) is 0 Å². The molecule has 0 amide bonds. The molecule has 0 aliphatic heterocycles. The van der Waals surface area contributed by atoms with Gasteiger partial charge in [0.05, 0.1) is 0 Å². The first-order chi connectivity index (χ1) is 5.63. The van der Waals surface area contributed by atoms with Crippen LogP contribution >= 0.6 is 11.6 Å². The van der Waals surface area contributed by atoms with E-state index in [1.165, 1.54) is 0 Å². The molecule has 0 aliphatic rings. The summed E-state index contributed by atoms with van der Waals surface area (Å²) in [6.45, 7) is 1.86. The Kier molecular flexibility index (Phi) is 2.52. The zero-order chi connectivity index (χ0) is 9.14. The van der Waals surface area contributed by atoms with Crippen LogP contribution in [0.4, 0.5) is 0 Å². The highest BCUT2D eigenvalue weighted by atomic mass is 35.5. The zero-order valence-electron chi connectivity index (χ0n) is 6.60. The third-order valence-electron chi connectivity index (χ3n) is 1.44. The number of benzene rings is 1. The minimum atomic E-state index is -0.333. The molecule has 12 heavy (non-hydrogen) atoms. The Hall–Kier alpha value is -1.26. The minimum absolute atomic E-state index is 0.333. The number of hydrogen-bond donors (Lipinski definition) is 0. The number of carbonyl (C=O) groups is 1. The van der Waals surface area contributed by atoms with Gasteiger partial charge in [0.25, 0.3) is 0 Å². The highest BCUT2D eigenvalue weighted by molar-refractivity contribution is 6.31. The van der Waals surface area contributed by atoms with Gasteiger partial charge in [-0.3, -0.25) is 4.79 Å². The molecule has 1 aromatic carbocycles. The lowest BCUT2D eigenvalue weighted by Crippen LogP contribution is -1.94. The summed E-state index contributed by atoms with van der Waals surface area (Å²) in [4.78, 5) is 11.0. The smallest absolute Gasteiger partial charge is 0.235 e. The van der Waals surface area contributed by atoms with E-state index in [4.69, 9.17) is 18.0 Å². The number of rotatable bonds is 1. The second-order valence-corrected chi connectivity index (χ2v) is 2.93. The van der Waals surface area contributed by atoms with Gasteiger partial charge in [0.15, 0.2) is 0 Å². The van der Waals surface area contributed by atoms with Crippen LogP contribution in [0.2, 0.25) is 5.02 Å². The van der Waals surface area contributed by atoms with Crippen molar-refractivity contribution in [3.8, 4) is 12.3 Å². The van der Waals surface area contributed by atoms with Crippen molar-refractivity contribution in [1.82, 2.24) is 0 Å². The molecule has 0 aromatic heterocycles. The van der Waals surface area contributed by atoms with E-state index in [-0.39, 0.29) is 5.78 Å². The summed E-state index contributed by atoms with van der Waals surface area (Å²) < 4.78 is 0. The standard InChI is InChI=1S/C10H7ClO/c1-3-10(12)8-4-7(2)5-9(11)6-8/h1,4-6H,2H3. The quantitative estimate of drug-likeness (QED) is 0.367. The third kappa shape index (κ3) is 1.87. The Labute approximate surface area is 76.4 Å². The van der Waals surface area contributed by atoms with Gasteiger partial charge in [-0.25, -0.2) is 0 Å². The molecule has 0 saturated heterocycles. The average Bonchev–Trinajstić information content (AvgIpc) is 2.01. The fourth-order valence-electron chi connectivity index (χ4n) is 0.951. The Bertz CT molecular complexity index is 340. The SMILES string of the molecule is C#CC(=O)c1cc(C)cc(Cl)c1. The maximum atomic E-state index is 11.0. The van der Waals surface area contributed by atoms with Crippen molar-refractivity contribution in [3.63, 3.8) is 0 Å². The number of terminal acetylenes is 1. The van der Waals surface area contributed by atoms with E-state index in [2.05, 4.69) is 0 Å². The Morgan fingerprint density at radius 1 is 1.50 bits per heavy atom. The fourth-order valence-corrected chi connectivity index (χ4v) is 1.24. The van der Waals surface area contributed by atoms with Crippen molar-refractivity contribution in [3.05, 3.63) is 34.3 Å². The van der Waals surface area contributed by atoms with Crippen molar-refractivity contribution in [2.45, 2.75) is 6.92 Å². The number of Topliss-reactive ketones (excluding diaryl/α,β-unsaturated/α-hetero) is 1. The van der Waals surface area contributed by atoms with Crippen LogP contribution in [0.3, 0.4) is 0 Å². The molecule has 1 rings (SSSR count). The number of aryl methyl sites for hydroxylation is 1. The van der Waals surface area contributed by atoms with E-state index in [1.807, 2.05) is 12.8 Å². The second kappa shape index (κ2) is 3.42. The lowest BCUT2D eigenvalue weighted by atomic mass is 10.1. The molecular formula is C10H7ClO. The largest absolute Gasteiger partial charge is 0.279 e. The maximum Gasteiger partial charge on any atom is 0.235 e. The first kappa shape index (κ1) is 8.83. The fraction of sp³-hybridized carbons (Fsp3) is 0.100. The van der Waals surface area contributed by atoms with Crippen LogP contribution in [0, 0.1) is 19.3 Å². The van der Waals surface area contributed by atoms with Crippen LogP contribution in [0.25, 0.3) is 0 Å². The van der Waals surface area contributed by atoms with E-state index in [9.17, 15) is 4.79 Å². The molecule has 0 atom stereocenters. The molecule has 0 N–H and O–H groups in total. The topological polar surface area (TPSA) is 17.1 Å². The minimum Gasteiger partial charge on any atom is -0.279 e. The molecule has 0 fully saturated rings. The second-order valence-electron chi connectivity index (χ2n) is 2.49. The third-order valence-corrected chi connectivity index (χ3v) is 1.65. The van der Waals surface area contributed by atoms with Gasteiger partial charge in [0.2, 0.25) is 5.78 Å². The highest BCUT2D eigenvalue weighted by Crippen LogP contribution is 2.14. The van der Waals surface area contributed by atoms with E-state index in [1.54, 1.807) is 18.2 Å². The maximum absolute atomic E-state index is 11.0. The first-order valence-corrected chi connectivity index (χ1v) is 3.79. The molecule has 0 radical (unpaired) electrons. The molecule has 0 spiro atoms. The van der Waals surface area contributed by atoms with Gasteiger partial charge >= 0.3 is 0 Å². The Balaban J connectivity index is 3.19. The highest BCUT2D eigenvalue weighted by Gasteiger charge is 2.02. The molecular weight excluding hydrogens is 172 g/mol. The monoisotopic (exact) mass is 178 g/mol. The number of hydrogen-bond acceptors (Lipinski definition) is 1. The van der Waals surface area contributed by atoms with Gasteiger partial charge in [-0.2, -0.15) is 0 Å². The van der Waals surface area contributed by atoms with Gasteiger partial charge in [0, 0.05) is 10.6 Å². The van der Waals surface area contributed by atoms with Gasteiger partial charge in [0.1, 0.15) is 0 Å². The molecule has 0 heterocycles. The van der Waals surface area contributed by atoms with Gasteiger partial charge < -0.3 is 0 Å². The summed E-state index contributed by atoms with van der Waals surface area (Å²) in [5.41, 5.74) is 1.41. The summed E-state index contributed by atoms with van der Waals surface area (Å²) in [6, 6.07) is 5.06. The first-order valence-electron chi connectivity index (χ1n) is 3.41. The number of carbonyl (C=O) groups excluding carboxylic acids is 1. The van der Waals surface area contributed by atoms with E-state index >= 15 is 0 Å². The van der Waals surface area contributed by atoms with Crippen LogP contribution in [-0.4, -0.2) is 5.78 Å². The van der Waals surface area contributed by atoms with Crippen LogP contribution in [-0.2, 0) is 0 Å². The van der Waals surface area contributed by atoms with Crippen molar-refractivity contribution >= 4 is 17.4 Å². The van der Waals surface area contributed by atoms with Crippen molar-refractivity contribution < 1.29 is 4.79 Å². The molecule has 0 aliphatic carbocycles. The van der Waals surface area contributed by atoms with Crippen LogP contribution in [0.1, 0.15) is 15.9 Å². The lowest BCUT2D eigenvalue weighted by molar-refractivity contribution is 0.105. The van der Waals surface area contributed by atoms with Crippen LogP contribution in [0.5, 0.6) is 0 Å². The summed E-state index contributed by atoms with van der Waals surface area (Å²) in [5.74, 6) is 1.71. The predicted octanol–water partition coefficient (Wildman–Crippen LogP) is 2.46. The molecule has 1 nitrogen and oxygen atoms in total. The van der Waals surface area contributed by atoms with Gasteiger partial charge in [-0.1, -0.05) is 11.6 Å². The molecule has 1 aromatic rings. The van der Waals surface area contributed by atoms with Gasteiger partial charge in [-0.15, -0.1) is 6.42 Å². The molecule has 2 heteroatoms. The number of halogens is 1. The normalized spacial score (nSPS) is 9.08. The van der Waals surface area contributed by atoms with E-state index in [0.29, 0.717) is 10.6 Å². The average molecular weight is 179 g/mol. The predicted molar refractivity (Wildman–Crippen MR) is 49.4 cm³/mol. The molecule has 0 unspecified atom stereocenters. The van der Waals surface area contributed by atoms with Gasteiger partial charge in [-0.05, 0) is 36.6 Å². The lowest BCUT2D eigenvalue weighted by Gasteiger charge is -1.97. The summed E-state index contributed by atoms with van der Waals surface area (Å²) >= 11 is 5.73. The Morgan fingerprint density at radius 3 is 2.67 bits per heavy atom. The summed E-state index contributed by atoms with van der Waals surface area (Å²) in [5, 5.41) is 0.536. The van der Waals surface area contributed by atoms with Crippen LogP contribution < -0.4 is 0 Å². The zero-order valence-corrected chi connectivity index (χ0v) is 7.35. The summed E-state index contributed by atoms with van der Waals surface area (Å²) in [7, 11) is 0. The van der Waals surface area contributed by atoms with Crippen molar-refractivity contribution in [1.29, 1.82) is 0 Å². The van der Waals surface area contributed by atoms with E-state index in [0.717, 1.165) is 5.56 Å². The Morgan fingerprint density at radius 2 is 2.17 bits per heavy atom. The van der Waals surface area contributed by atoms with Crippen LogP contribution in [0.15, 0.2) is 18.2 Å². The van der Waals surface area contributed by atoms with E-state index < -0.39 is 0 Å².